The van der Waals surface area contributed by atoms with E-state index in [-0.39, 0.29) is 11.8 Å². The summed E-state index contributed by atoms with van der Waals surface area (Å²) in [7, 11) is 0. The van der Waals surface area contributed by atoms with Crippen LogP contribution in [0.15, 0.2) is 36.7 Å². The molecule has 0 radical (unpaired) electrons. The molecule has 0 saturated carbocycles. The van der Waals surface area contributed by atoms with Gasteiger partial charge in [-0.05, 0) is 24.0 Å². The fourth-order valence-electron chi connectivity index (χ4n) is 2.38. The lowest BCUT2D eigenvalue weighted by Gasteiger charge is -2.06. The van der Waals surface area contributed by atoms with Crippen LogP contribution < -0.4 is 5.73 Å². The van der Waals surface area contributed by atoms with Crippen LogP contribution >= 0.6 is 0 Å². The van der Waals surface area contributed by atoms with Crippen LogP contribution in [-0.2, 0) is 12.8 Å². The van der Waals surface area contributed by atoms with Crippen molar-refractivity contribution in [1.29, 1.82) is 0 Å². The summed E-state index contributed by atoms with van der Waals surface area (Å²) in [6.07, 6.45) is 4.68. The van der Waals surface area contributed by atoms with E-state index in [1.165, 1.54) is 22.0 Å². The zero-order valence-corrected chi connectivity index (χ0v) is 9.34. The molecule has 0 bridgehead atoms. The average molecular weight is 227 g/mol. The largest absolute Gasteiger partial charge is 0.396 e. The van der Waals surface area contributed by atoms with Gasteiger partial charge < -0.3 is 5.73 Å². The van der Waals surface area contributed by atoms with Crippen molar-refractivity contribution in [2.24, 2.45) is 5.92 Å². The predicted octanol–water partition coefficient (Wildman–Crippen LogP) is 1.52. The van der Waals surface area contributed by atoms with Crippen molar-refractivity contribution < 1.29 is 4.79 Å². The van der Waals surface area contributed by atoms with Crippen LogP contribution in [0.2, 0.25) is 0 Å². The normalized spacial score (nSPS) is 14.8. The highest BCUT2D eigenvalue weighted by atomic mass is 16.2. The molecule has 1 aromatic heterocycles. The highest BCUT2D eigenvalue weighted by Crippen LogP contribution is 2.27. The number of hydrogen-bond donors (Lipinski definition) is 1. The number of nitrogens with two attached hydrogens (primary N) is 1. The molecule has 0 saturated heterocycles. The first-order valence-corrected chi connectivity index (χ1v) is 5.65. The second kappa shape index (κ2) is 3.73. The van der Waals surface area contributed by atoms with Gasteiger partial charge in [0.2, 0.25) is 0 Å². The molecule has 2 N–H and O–H groups in total. The Hall–Kier alpha value is -2.10. The first-order valence-electron chi connectivity index (χ1n) is 5.65. The molecule has 4 nitrogen and oxygen atoms in total. The summed E-state index contributed by atoms with van der Waals surface area (Å²) in [6.45, 7) is 0. The van der Waals surface area contributed by atoms with Gasteiger partial charge in [-0.3, -0.25) is 4.79 Å². The van der Waals surface area contributed by atoms with Crippen LogP contribution in [-0.4, -0.2) is 15.7 Å². The van der Waals surface area contributed by atoms with Crippen LogP contribution in [0.5, 0.6) is 0 Å². The lowest BCUT2D eigenvalue weighted by atomic mass is 10.1. The van der Waals surface area contributed by atoms with E-state index in [4.69, 9.17) is 5.73 Å². The highest BCUT2D eigenvalue weighted by molar-refractivity contribution is 5.82. The number of fused-ring (bicyclic) bond motifs is 1. The maximum atomic E-state index is 12.2. The van der Waals surface area contributed by atoms with Gasteiger partial charge >= 0.3 is 0 Å². The van der Waals surface area contributed by atoms with Gasteiger partial charge in [0.1, 0.15) is 0 Å². The van der Waals surface area contributed by atoms with Crippen LogP contribution in [0.25, 0.3) is 0 Å². The summed E-state index contributed by atoms with van der Waals surface area (Å²) in [6, 6.07) is 8.19. The van der Waals surface area contributed by atoms with E-state index in [1.54, 1.807) is 6.20 Å². The molecule has 0 aliphatic heterocycles. The van der Waals surface area contributed by atoms with E-state index < -0.39 is 0 Å². The summed E-state index contributed by atoms with van der Waals surface area (Å²) < 4.78 is 1.35. The fourth-order valence-corrected chi connectivity index (χ4v) is 2.38. The van der Waals surface area contributed by atoms with Crippen molar-refractivity contribution in [3.8, 4) is 0 Å². The Balaban J connectivity index is 1.83. The number of anilines is 1. The number of hydrogen-bond acceptors (Lipinski definition) is 3. The van der Waals surface area contributed by atoms with Gasteiger partial charge in [-0.2, -0.15) is 5.10 Å². The van der Waals surface area contributed by atoms with E-state index in [0.717, 1.165) is 12.8 Å². The molecule has 17 heavy (non-hydrogen) atoms. The highest BCUT2D eigenvalue weighted by Gasteiger charge is 2.28. The molecule has 0 fully saturated rings. The number of rotatable bonds is 1. The van der Waals surface area contributed by atoms with Crippen molar-refractivity contribution in [1.82, 2.24) is 9.78 Å². The van der Waals surface area contributed by atoms with Gasteiger partial charge in [-0.15, -0.1) is 0 Å². The van der Waals surface area contributed by atoms with E-state index in [2.05, 4.69) is 17.2 Å². The molecule has 1 aliphatic rings. The number of nitrogen functional groups attached to an aromatic ring is 1. The van der Waals surface area contributed by atoms with Crippen LogP contribution in [0.4, 0.5) is 5.69 Å². The third kappa shape index (κ3) is 1.71. The van der Waals surface area contributed by atoms with Gasteiger partial charge in [-0.25, -0.2) is 4.68 Å². The van der Waals surface area contributed by atoms with Crippen molar-refractivity contribution in [3.63, 3.8) is 0 Å². The van der Waals surface area contributed by atoms with E-state index in [9.17, 15) is 4.79 Å². The number of aromatic nitrogens is 2. The minimum Gasteiger partial charge on any atom is -0.396 e. The number of benzene rings is 1. The molecule has 1 heterocycles. The van der Waals surface area contributed by atoms with E-state index in [0.29, 0.717) is 5.69 Å². The molecule has 2 aromatic rings. The van der Waals surface area contributed by atoms with Crippen molar-refractivity contribution in [2.75, 3.05) is 5.73 Å². The Bertz CT molecular complexity index is 549. The first-order chi connectivity index (χ1) is 8.24. The Kier molecular flexibility index (Phi) is 2.21. The summed E-state index contributed by atoms with van der Waals surface area (Å²) in [4.78, 5) is 12.2. The monoisotopic (exact) mass is 227 g/mol. The maximum Gasteiger partial charge on any atom is 0.250 e. The van der Waals surface area contributed by atoms with Crippen LogP contribution in [0.1, 0.15) is 15.9 Å². The Labute approximate surface area is 99.1 Å². The van der Waals surface area contributed by atoms with Crippen molar-refractivity contribution in [3.05, 3.63) is 47.8 Å². The average Bonchev–Trinajstić information content (AvgIpc) is 2.93. The Morgan fingerprint density at radius 2 is 1.94 bits per heavy atom. The van der Waals surface area contributed by atoms with Gasteiger partial charge in [0, 0.05) is 5.92 Å². The van der Waals surface area contributed by atoms with Crippen LogP contribution in [0, 0.1) is 5.92 Å². The smallest absolute Gasteiger partial charge is 0.250 e. The van der Waals surface area contributed by atoms with Crippen molar-refractivity contribution >= 4 is 11.6 Å². The second-order valence-corrected chi connectivity index (χ2v) is 4.43. The second-order valence-electron chi connectivity index (χ2n) is 4.43. The summed E-state index contributed by atoms with van der Waals surface area (Å²) >= 11 is 0. The van der Waals surface area contributed by atoms with Gasteiger partial charge in [0.25, 0.3) is 5.91 Å². The van der Waals surface area contributed by atoms with E-state index in [1.807, 2.05) is 12.1 Å². The molecular weight excluding hydrogens is 214 g/mol. The van der Waals surface area contributed by atoms with E-state index >= 15 is 0 Å². The van der Waals surface area contributed by atoms with Gasteiger partial charge in [0.05, 0.1) is 18.1 Å². The predicted molar refractivity (Wildman–Crippen MR) is 64.6 cm³/mol. The Morgan fingerprint density at radius 1 is 1.29 bits per heavy atom. The number of carbonyl (C=O) groups excluding carboxylic acids is 1. The minimum absolute atomic E-state index is 0.00769. The maximum absolute atomic E-state index is 12.2. The molecule has 86 valence electrons. The lowest BCUT2D eigenvalue weighted by Crippen LogP contribution is -2.22. The molecule has 0 atom stereocenters. The molecule has 3 rings (SSSR count). The van der Waals surface area contributed by atoms with Gasteiger partial charge in [0.15, 0.2) is 0 Å². The molecule has 0 spiro atoms. The standard InChI is InChI=1S/C13H13N3O/c14-12-7-15-16(8-12)13(17)11-5-9-3-1-2-4-10(9)6-11/h1-4,7-8,11H,5-6,14H2. The lowest BCUT2D eigenvalue weighted by molar-refractivity contribution is 0.0822. The summed E-state index contributed by atoms with van der Waals surface area (Å²) in [5.74, 6) is 0.0181. The molecule has 0 amide bonds. The first kappa shape index (κ1) is 10.1. The third-order valence-corrected chi connectivity index (χ3v) is 3.23. The molecule has 1 aliphatic carbocycles. The zero-order valence-electron chi connectivity index (χ0n) is 9.34. The SMILES string of the molecule is Nc1cnn(C(=O)C2Cc3ccccc3C2)c1. The fraction of sp³-hybridized carbons (Fsp3) is 0.231. The summed E-state index contributed by atoms with van der Waals surface area (Å²) in [5.41, 5.74) is 8.62. The molecule has 4 heteroatoms. The molecule has 1 aromatic carbocycles. The zero-order chi connectivity index (χ0) is 11.8. The number of nitrogens with zero attached hydrogens (tertiary/aromatic N) is 2. The number of carbonyl (C=O) groups is 1. The third-order valence-electron chi connectivity index (χ3n) is 3.23. The Morgan fingerprint density at radius 3 is 2.47 bits per heavy atom. The van der Waals surface area contributed by atoms with Crippen LogP contribution in [0.3, 0.4) is 0 Å². The summed E-state index contributed by atoms with van der Waals surface area (Å²) in [5, 5.41) is 3.97. The molecular formula is C13H13N3O. The minimum atomic E-state index is -0.00769. The topological polar surface area (TPSA) is 60.9 Å². The van der Waals surface area contributed by atoms with Gasteiger partial charge in [-0.1, -0.05) is 24.3 Å². The quantitative estimate of drug-likeness (QED) is 0.803. The van der Waals surface area contributed by atoms with Crippen molar-refractivity contribution in [2.45, 2.75) is 12.8 Å². The molecule has 0 unspecified atom stereocenters.